The molecule has 0 atom stereocenters. The number of aromatic nitrogens is 2. The van der Waals surface area contributed by atoms with Crippen molar-refractivity contribution in [3.8, 4) is 0 Å². The van der Waals surface area contributed by atoms with Crippen LogP contribution in [-0.4, -0.2) is 34.1 Å². The maximum Gasteiger partial charge on any atom is 0.261 e. The van der Waals surface area contributed by atoms with Crippen LogP contribution >= 0.6 is 0 Å². The molecule has 0 aliphatic carbocycles. The van der Waals surface area contributed by atoms with Crippen LogP contribution in [0.4, 0.5) is 0 Å². The number of nitrogens with one attached hydrogen (secondary N) is 2. The van der Waals surface area contributed by atoms with Crippen LogP contribution in [-0.2, 0) is 11.3 Å². The van der Waals surface area contributed by atoms with Crippen LogP contribution in [0, 0.1) is 0 Å². The molecule has 0 aliphatic rings. The van der Waals surface area contributed by atoms with E-state index < -0.39 is 0 Å². The van der Waals surface area contributed by atoms with E-state index in [9.17, 15) is 9.59 Å². The Kier molecular flexibility index (Phi) is 5.50. The number of nitrogens with zero attached hydrogens (tertiary/aromatic N) is 2. The molecular weight excluding hydrogens is 292 g/mol. The van der Waals surface area contributed by atoms with Gasteiger partial charge in [-0.25, -0.2) is 4.98 Å². The third-order valence-electron chi connectivity index (χ3n) is 3.38. The average Bonchev–Trinajstić information content (AvgIpc) is 2.49. The first kappa shape index (κ1) is 17.1. The minimum absolute atomic E-state index is 0.0105. The Morgan fingerprint density at radius 1 is 1.22 bits per heavy atom. The summed E-state index contributed by atoms with van der Waals surface area (Å²) in [6.45, 7) is 7.71. The Balaban J connectivity index is 1.86. The fourth-order valence-corrected chi connectivity index (χ4v) is 2.21. The third kappa shape index (κ3) is 5.17. The Labute approximate surface area is 135 Å². The summed E-state index contributed by atoms with van der Waals surface area (Å²) in [6, 6.07) is 7.12. The number of fused-ring (bicyclic) bond motifs is 1. The highest BCUT2D eigenvalue weighted by molar-refractivity contribution is 5.78. The Morgan fingerprint density at radius 3 is 2.70 bits per heavy atom. The number of benzene rings is 1. The first-order valence-corrected chi connectivity index (χ1v) is 7.83. The smallest absolute Gasteiger partial charge is 0.261 e. The van der Waals surface area contributed by atoms with Crippen molar-refractivity contribution in [1.82, 2.24) is 20.2 Å². The molecule has 0 bridgehead atoms. The first-order chi connectivity index (χ1) is 10.9. The van der Waals surface area contributed by atoms with Gasteiger partial charge in [-0.15, -0.1) is 0 Å². The molecule has 23 heavy (non-hydrogen) atoms. The summed E-state index contributed by atoms with van der Waals surface area (Å²) in [4.78, 5) is 28.4. The van der Waals surface area contributed by atoms with Gasteiger partial charge < -0.3 is 10.6 Å². The maximum atomic E-state index is 12.3. The zero-order valence-corrected chi connectivity index (χ0v) is 13.9. The SMILES string of the molecule is CC(C)(C)NCCCNC(=O)Cn1cnc2ccccc2c1=O. The van der Waals surface area contributed by atoms with Crippen molar-refractivity contribution in [2.24, 2.45) is 0 Å². The highest BCUT2D eigenvalue weighted by Crippen LogP contribution is 2.04. The molecule has 1 amide bonds. The Bertz CT molecular complexity index is 731. The number of hydrogen-bond acceptors (Lipinski definition) is 4. The molecule has 124 valence electrons. The van der Waals surface area contributed by atoms with Crippen molar-refractivity contribution in [2.45, 2.75) is 39.3 Å². The van der Waals surface area contributed by atoms with Gasteiger partial charge in [0.15, 0.2) is 0 Å². The second kappa shape index (κ2) is 7.37. The van der Waals surface area contributed by atoms with Crippen molar-refractivity contribution in [2.75, 3.05) is 13.1 Å². The molecule has 1 heterocycles. The van der Waals surface area contributed by atoms with Crippen LogP contribution < -0.4 is 16.2 Å². The highest BCUT2D eigenvalue weighted by Gasteiger charge is 2.09. The van der Waals surface area contributed by atoms with Gasteiger partial charge in [0.1, 0.15) is 6.54 Å². The lowest BCUT2D eigenvalue weighted by atomic mass is 10.1. The molecule has 0 saturated carbocycles. The summed E-state index contributed by atoms with van der Waals surface area (Å²) in [5.41, 5.74) is 0.524. The molecule has 0 saturated heterocycles. The summed E-state index contributed by atoms with van der Waals surface area (Å²) < 4.78 is 1.34. The minimum Gasteiger partial charge on any atom is -0.355 e. The molecule has 0 aliphatic heterocycles. The topological polar surface area (TPSA) is 76.0 Å². The van der Waals surface area contributed by atoms with Crippen molar-refractivity contribution >= 4 is 16.8 Å². The maximum absolute atomic E-state index is 12.3. The largest absolute Gasteiger partial charge is 0.355 e. The van der Waals surface area contributed by atoms with E-state index in [4.69, 9.17) is 0 Å². The van der Waals surface area contributed by atoms with E-state index >= 15 is 0 Å². The van der Waals surface area contributed by atoms with Crippen LogP contribution in [0.3, 0.4) is 0 Å². The number of amides is 1. The van der Waals surface area contributed by atoms with E-state index in [-0.39, 0.29) is 23.6 Å². The normalized spacial score (nSPS) is 11.6. The lowest BCUT2D eigenvalue weighted by molar-refractivity contribution is -0.121. The molecule has 2 aromatic rings. The van der Waals surface area contributed by atoms with Gasteiger partial charge in [-0.3, -0.25) is 14.2 Å². The average molecular weight is 316 g/mol. The minimum atomic E-state index is -0.194. The van der Waals surface area contributed by atoms with Crippen LogP contribution in [0.5, 0.6) is 0 Å². The van der Waals surface area contributed by atoms with Gasteiger partial charge in [-0.05, 0) is 45.9 Å². The molecule has 1 aromatic carbocycles. The van der Waals surface area contributed by atoms with E-state index in [1.807, 2.05) is 6.07 Å². The lowest BCUT2D eigenvalue weighted by Crippen LogP contribution is -2.38. The highest BCUT2D eigenvalue weighted by atomic mass is 16.2. The monoisotopic (exact) mass is 316 g/mol. The van der Waals surface area contributed by atoms with Crippen LogP contribution in [0.1, 0.15) is 27.2 Å². The quantitative estimate of drug-likeness (QED) is 0.788. The van der Waals surface area contributed by atoms with E-state index in [0.717, 1.165) is 13.0 Å². The summed E-state index contributed by atoms with van der Waals surface area (Å²) in [6.07, 6.45) is 2.26. The van der Waals surface area contributed by atoms with E-state index in [1.165, 1.54) is 10.9 Å². The molecule has 0 radical (unpaired) electrons. The van der Waals surface area contributed by atoms with Crippen LogP contribution in [0.25, 0.3) is 10.9 Å². The molecular formula is C17H24N4O2. The summed E-state index contributed by atoms with van der Waals surface area (Å²) >= 11 is 0. The molecule has 0 unspecified atom stereocenters. The zero-order valence-electron chi connectivity index (χ0n) is 13.9. The predicted octanol–water partition coefficient (Wildman–Crippen LogP) is 1.29. The predicted molar refractivity (Wildman–Crippen MR) is 91.4 cm³/mol. The molecule has 6 heteroatoms. The summed E-state index contributed by atoms with van der Waals surface area (Å²) in [5.74, 6) is -0.181. The molecule has 0 spiro atoms. The van der Waals surface area contributed by atoms with Gasteiger partial charge in [-0.1, -0.05) is 12.1 Å². The summed E-state index contributed by atoms with van der Waals surface area (Å²) in [7, 11) is 0. The second-order valence-corrected chi connectivity index (χ2v) is 6.58. The Hall–Kier alpha value is -2.21. The molecule has 1 aromatic heterocycles. The second-order valence-electron chi connectivity index (χ2n) is 6.58. The molecule has 0 fully saturated rings. The van der Waals surface area contributed by atoms with Crippen LogP contribution in [0.2, 0.25) is 0 Å². The van der Waals surface area contributed by atoms with Crippen molar-refractivity contribution in [3.63, 3.8) is 0 Å². The summed E-state index contributed by atoms with van der Waals surface area (Å²) in [5, 5.41) is 6.71. The molecule has 6 nitrogen and oxygen atoms in total. The van der Waals surface area contributed by atoms with Crippen molar-refractivity contribution < 1.29 is 4.79 Å². The number of carbonyl (C=O) groups excluding carboxylic acids is 1. The zero-order chi connectivity index (χ0) is 16.9. The van der Waals surface area contributed by atoms with Gasteiger partial charge in [0.2, 0.25) is 5.91 Å². The van der Waals surface area contributed by atoms with Gasteiger partial charge in [0.25, 0.3) is 5.56 Å². The van der Waals surface area contributed by atoms with Crippen molar-refractivity contribution in [3.05, 3.63) is 40.9 Å². The third-order valence-corrected chi connectivity index (χ3v) is 3.38. The fourth-order valence-electron chi connectivity index (χ4n) is 2.21. The molecule has 2 rings (SSSR count). The number of rotatable bonds is 6. The number of hydrogen-bond donors (Lipinski definition) is 2. The Morgan fingerprint density at radius 2 is 1.96 bits per heavy atom. The van der Waals surface area contributed by atoms with Crippen LogP contribution in [0.15, 0.2) is 35.4 Å². The lowest BCUT2D eigenvalue weighted by Gasteiger charge is -2.20. The standard InChI is InChI=1S/C17H24N4O2/c1-17(2,3)20-10-6-9-18-15(22)11-21-12-19-14-8-5-4-7-13(14)16(21)23/h4-5,7-8,12,20H,6,9-11H2,1-3H3,(H,18,22). The number of carbonyl (C=O) groups is 1. The first-order valence-electron chi connectivity index (χ1n) is 7.83. The fraction of sp³-hybridized carbons (Fsp3) is 0.471. The van der Waals surface area contributed by atoms with Gasteiger partial charge in [0, 0.05) is 12.1 Å². The van der Waals surface area contributed by atoms with Crippen molar-refractivity contribution in [1.29, 1.82) is 0 Å². The van der Waals surface area contributed by atoms with Gasteiger partial charge in [0.05, 0.1) is 17.2 Å². The molecule has 2 N–H and O–H groups in total. The van der Waals surface area contributed by atoms with Gasteiger partial charge in [-0.2, -0.15) is 0 Å². The van der Waals surface area contributed by atoms with E-state index in [2.05, 4.69) is 36.4 Å². The van der Waals surface area contributed by atoms with E-state index in [1.54, 1.807) is 18.2 Å². The number of para-hydroxylation sites is 1. The van der Waals surface area contributed by atoms with Gasteiger partial charge >= 0.3 is 0 Å². The van der Waals surface area contributed by atoms with E-state index in [0.29, 0.717) is 17.4 Å².